The monoisotopic (exact) mass is 358 g/mol. The van der Waals surface area contributed by atoms with Crippen LogP contribution in [-0.4, -0.2) is 23.0 Å². The number of nitrogen functional groups attached to an aromatic ring is 1. The smallest absolute Gasteiger partial charge is 0.228 e. The number of amides is 1. The lowest BCUT2D eigenvalue weighted by Gasteiger charge is -2.07. The number of nitrogens with two attached hydrogens (primary N) is 1. The van der Waals surface area contributed by atoms with Crippen LogP contribution in [0.5, 0.6) is 5.75 Å². The second kappa shape index (κ2) is 8.50. The second-order valence-electron chi connectivity index (χ2n) is 5.74. The fourth-order valence-electron chi connectivity index (χ4n) is 2.39. The maximum absolute atomic E-state index is 12.3. The van der Waals surface area contributed by atoms with Crippen molar-refractivity contribution in [1.29, 1.82) is 0 Å². The highest BCUT2D eigenvalue weighted by Gasteiger charge is 2.05. The van der Waals surface area contributed by atoms with Crippen LogP contribution in [0.15, 0.2) is 60.9 Å². The molecule has 0 fully saturated rings. The van der Waals surface area contributed by atoms with Gasteiger partial charge in [0.1, 0.15) is 5.75 Å². The molecule has 1 aromatic heterocycles. The fraction of sp³-hybridized carbons (Fsp3) is 0.0952. The van der Waals surface area contributed by atoms with Crippen LogP contribution in [0, 0.1) is 11.8 Å². The number of ether oxygens (including phenoxy) is 1. The summed E-state index contributed by atoms with van der Waals surface area (Å²) in [4.78, 5) is 20.1. The number of hydrogen-bond acceptors (Lipinski definition) is 5. The van der Waals surface area contributed by atoms with E-state index in [0.717, 1.165) is 16.9 Å². The van der Waals surface area contributed by atoms with Crippen molar-refractivity contribution >= 4 is 17.5 Å². The molecule has 6 nitrogen and oxygen atoms in total. The summed E-state index contributed by atoms with van der Waals surface area (Å²) in [5, 5.41) is 2.89. The van der Waals surface area contributed by atoms with Gasteiger partial charge in [-0.05, 0) is 35.9 Å². The van der Waals surface area contributed by atoms with Gasteiger partial charge in [0, 0.05) is 23.6 Å². The van der Waals surface area contributed by atoms with Gasteiger partial charge in [0.25, 0.3) is 0 Å². The SMILES string of the molecule is COc1cccc(CC(=O)Nc2cccc(C#Cc3cnc(N)nc3)c2)c1. The Hall–Kier alpha value is -3.85. The molecule has 0 saturated carbocycles. The summed E-state index contributed by atoms with van der Waals surface area (Å²) in [6.07, 6.45) is 3.39. The zero-order chi connectivity index (χ0) is 19.1. The van der Waals surface area contributed by atoms with Gasteiger partial charge in [-0.3, -0.25) is 4.79 Å². The van der Waals surface area contributed by atoms with Crippen molar-refractivity contribution in [3.63, 3.8) is 0 Å². The van der Waals surface area contributed by atoms with Crippen LogP contribution in [0.4, 0.5) is 11.6 Å². The molecule has 0 aliphatic rings. The highest BCUT2D eigenvalue weighted by Crippen LogP contribution is 2.15. The molecule has 3 N–H and O–H groups in total. The Morgan fingerprint density at radius 3 is 2.59 bits per heavy atom. The summed E-state index contributed by atoms with van der Waals surface area (Å²) in [6.45, 7) is 0. The number of benzene rings is 2. The summed E-state index contributed by atoms with van der Waals surface area (Å²) in [6, 6.07) is 14.8. The first-order valence-electron chi connectivity index (χ1n) is 8.25. The summed E-state index contributed by atoms with van der Waals surface area (Å²) < 4.78 is 5.18. The molecule has 0 saturated heterocycles. The Morgan fingerprint density at radius 2 is 1.81 bits per heavy atom. The minimum atomic E-state index is -0.111. The van der Waals surface area contributed by atoms with Crippen LogP contribution in [0.2, 0.25) is 0 Å². The van der Waals surface area contributed by atoms with Gasteiger partial charge in [0.15, 0.2) is 0 Å². The average Bonchev–Trinajstić information content (AvgIpc) is 2.68. The van der Waals surface area contributed by atoms with Gasteiger partial charge in [0.2, 0.25) is 11.9 Å². The number of nitrogens with zero attached hydrogens (tertiary/aromatic N) is 2. The lowest BCUT2D eigenvalue weighted by Crippen LogP contribution is -2.14. The molecule has 3 aromatic rings. The lowest BCUT2D eigenvalue weighted by molar-refractivity contribution is -0.115. The molecule has 2 aromatic carbocycles. The molecule has 1 amide bonds. The molecule has 0 bridgehead atoms. The molecule has 0 unspecified atom stereocenters. The van der Waals surface area contributed by atoms with Gasteiger partial charge in [-0.1, -0.05) is 30.0 Å². The number of carbonyl (C=O) groups is 1. The lowest BCUT2D eigenvalue weighted by atomic mass is 10.1. The van der Waals surface area contributed by atoms with Crippen molar-refractivity contribution in [2.24, 2.45) is 0 Å². The zero-order valence-corrected chi connectivity index (χ0v) is 14.8. The fourth-order valence-corrected chi connectivity index (χ4v) is 2.39. The van der Waals surface area contributed by atoms with E-state index >= 15 is 0 Å². The van der Waals surface area contributed by atoms with Crippen LogP contribution in [0.3, 0.4) is 0 Å². The number of aromatic nitrogens is 2. The highest BCUT2D eigenvalue weighted by atomic mass is 16.5. The van der Waals surface area contributed by atoms with Gasteiger partial charge in [-0.25, -0.2) is 9.97 Å². The molecule has 0 spiro atoms. The number of anilines is 2. The van der Waals surface area contributed by atoms with Gasteiger partial charge < -0.3 is 15.8 Å². The number of carbonyl (C=O) groups excluding carboxylic acids is 1. The minimum Gasteiger partial charge on any atom is -0.497 e. The Kier molecular flexibility index (Phi) is 5.65. The van der Waals surface area contributed by atoms with Crippen molar-refractivity contribution in [2.75, 3.05) is 18.2 Å². The zero-order valence-electron chi connectivity index (χ0n) is 14.8. The Labute approximate surface area is 157 Å². The van der Waals surface area contributed by atoms with E-state index in [9.17, 15) is 4.79 Å². The van der Waals surface area contributed by atoms with E-state index in [1.54, 1.807) is 19.5 Å². The molecular formula is C21H18N4O2. The first-order valence-corrected chi connectivity index (χ1v) is 8.25. The number of methoxy groups -OCH3 is 1. The molecular weight excluding hydrogens is 340 g/mol. The molecule has 134 valence electrons. The third-order valence-corrected chi connectivity index (χ3v) is 3.67. The van der Waals surface area contributed by atoms with Crippen LogP contribution in [0.25, 0.3) is 0 Å². The molecule has 6 heteroatoms. The van der Waals surface area contributed by atoms with Crippen LogP contribution in [0.1, 0.15) is 16.7 Å². The predicted molar refractivity (Wildman–Crippen MR) is 104 cm³/mol. The second-order valence-corrected chi connectivity index (χ2v) is 5.74. The highest BCUT2D eigenvalue weighted by molar-refractivity contribution is 5.92. The molecule has 0 aliphatic heterocycles. The van der Waals surface area contributed by atoms with E-state index in [1.807, 2.05) is 48.5 Å². The predicted octanol–water partition coefficient (Wildman–Crippen LogP) is 2.65. The Bertz CT molecular complexity index is 1000. The maximum atomic E-state index is 12.3. The average molecular weight is 358 g/mol. The van der Waals surface area contributed by atoms with Crippen molar-refractivity contribution in [3.8, 4) is 17.6 Å². The number of rotatable bonds is 4. The van der Waals surface area contributed by atoms with Crippen molar-refractivity contribution in [1.82, 2.24) is 9.97 Å². The van der Waals surface area contributed by atoms with Gasteiger partial charge in [0.05, 0.1) is 19.1 Å². The molecule has 1 heterocycles. The quantitative estimate of drug-likeness (QED) is 0.700. The van der Waals surface area contributed by atoms with E-state index in [4.69, 9.17) is 10.5 Å². The van der Waals surface area contributed by atoms with E-state index < -0.39 is 0 Å². The third kappa shape index (κ3) is 5.31. The number of nitrogens with one attached hydrogen (secondary N) is 1. The third-order valence-electron chi connectivity index (χ3n) is 3.67. The van der Waals surface area contributed by atoms with Crippen molar-refractivity contribution in [3.05, 3.63) is 77.6 Å². The van der Waals surface area contributed by atoms with Crippen LogP contribution < -0.4 is 15.8 Å². The molecule has 0 aliphatic carbocycles. The Balaban J connectivity index is 1.66. The maximum Gasteiger partial charge on any atom is 0.228 e. The first-order chi connectivity index (χ1) is 13.1. The molecule has 0 atom stereocenters. The van der Waals surface area contributed by atoms with E-state index in [2.05, 4.69) is 27.1 Å². The van der Waals surface area contributed by atoms with Crippen LogP contribution in [-0.2, 0) is 11.2 Å². The van der Waals surface area contributed by atoms with E-state index in [1.165, 1.54) is 0 Å². The normalized spacial score (nSPS) is 9.81. The molecule has 3 rings (SSSR count). The van der Waals surface area contributed by atoms with Crippen LogP contribution >= 0.6 is 0 Å². The summed E-state index contributed by atoms with van der Waals surface area (Å²) in [7, 11) is 1.60. The van der Waals surface area contributed by atoms with Crippen molar-refractivity contribution in [2.45, 2.75) is 6.42 Å². The standard InChI is InChI=1S/C21H18N4O2/c1-27-19-7-3-5-16(11-19)12-20(26)25-18-6-2-4-15(10-18)8-9-17-13-23-21(22)24-14-17/h2-7,10-11,13-14H,12H2,1H3,(H,25,26)(H2,22,23,24). The topological polar surface area (TPSA) is 90.1 Å². The van der Waals surface area contributed by atoms with Gasteiger partial charge >= 0.3 is 0 Å². The van der Waals surface area contributed by atoms with Gasteiger partial charge in [-0.15, -0.1) is 0 Å². The Morgan fingerprint density at radius 1 is 1.07 bits per heavy atom. The van der Waals surface area contributed by atoms with Crippen molar-refractivity contribution < 1.29 is 9.53 Å². The minimum absolute atomic E-state index is 0.111. The first kappa shape index (κ1) is 18.0. The molecule has 27 heavy (non-hydrogen) atoms. The van der Waals surface area contributed by atoms with E-state index in [0.29, 0.717) is 11.3 Å². The number of hydrogen-bond donors (Lipinski definition) is 2. The van der Waals surface area contributed by atoms with E-state index in [-0.39, 0.29) is 18.3 Å². The summed E-state index contributed by atoms with van der Waals surface area (Å²) in [5.74, 6) is 6.81. The molecule has 0 radical (unpaired) electrons. The largest absolute Gasteiger partial charge is 0.497 e. The van der Waals surface area contributed by atoms with Gasteiger partial charge in [-0.2, -0.15) is 0 Å². The summed E-state index contributed by atoms with van der Waals surface area (Å²) in [5.41, 5.74) is 8.45. The summed E-state index contributed by atoms with van der Waals surface area (Å²) >= 11 is 0.